The zero-order valence-corrected chi connectivity index (χ0v) is 10.9. The summed E-state index contributed by atoms with van der Waals surface area (Å²) >= 11 is 2.20. The van der Waals surface area contributed by atoms with E-state index >= 15 is 0 Å². The second kappa shape index (κ2) is 4.40. The molecule has 1 saturated heterocycles. The smallest absolute Gasteiger partial charge is 0.247 e. The summed E-state index contributed by atoms with van der Waals surface area (Å²) in [6.45, 7) is 1.81. The SMILES string of the molecule is CC1C(=O)NCC(=O)N1c1ccc(I)cc1. The monoisotopic (exact) mass is 330 g/mol. The number of carbonyl (C=O) groups excluding carboxylic acids is 2. The van der Waals surface area contributed by atoms with Crippen LogP contribution in [0.15, 0.2) is 24.3 Å². The summed E-state index contributed by atoms with van der Waals surface area (Å²) in [6.07, 6.45) is 0. The van der Waals surface area contributed by atoms with Crippen LogP contribution in [0.3, 0.4) is 0 Å². The van der Waals surface area contributed by atoms with E-state index in [-0.39, 0.29) is 18.4 Å². The van der Waals surface area contributed by atoms with Gasteiger partial charge in [-0.15, -0.1) is 0 Å². The largest absolute Gasteiger partial charge is 0.345 e. The van der Waals surface area contributed by atoms with Gasteiger partial charge in [0.25, 0.3) is 0 Å². The van der Waals surface area contributed by atoms with Crippen molar-refractivity contribution in [3.05, 3.63) is 27.8 Å². The lowest BCUT2D eigenvalue weighted by atomic mass is 10.1. The number of amides is 2. The lowest BCUT2D eigenvalue weighted by Crippen LogP contribution is -2.57. The molecule has 1 aromatic carbocycles. The van der Waals surface area contributed by atoms with E-state index in [1.54, 1.807) is 6.92 Å². The van der Waals surface area contributed by atoms with E-state index < -0.39 is 6.04 Å². The molecule has 2 amide bonds. The van der Waals surface area contributed by atoms with E-state index in [2.05, 4.69) is 27.9 Å². The van der Waals surface area contributed by atoms with Gasteiger partial charge in [0.1, 0.15) is 6.04 Å². The van der Waals surface area contributed by atoms with Gasteiger partial charge in [-0.2, -0.15) is 0 Å². The minimum atomic E-state index is -0.443. The van der Waals surface area contributed by atoms with Crippen LogP contribution in [0, 0.1) is 3.57 Å². The van der Waals surface area contributed by atoms with E-state index in [9.17, 15) is 9.59 Å². The van der Waals surface area contributed by atoms with Gasteiger partial charge in [0, 0.05) is 9.26 Å². The molecule has 1 N–H and O–H groups in total. The van der Waals surface area contributed by atoms with E-state index in [0.717, 1.165) is 9.26 Å². The fourth-order valence-corrected chi connectivity index (χ4v) is 2.06. The molecule has 16 heavy (non-hydrogen) atoms. The van der Waals surface area contributed by atoms with Crippen LogP contribution in [0.1, 0.15) is 6.92 Å². The number of anilines is 1. The molecular weight excluding hydrogens is 319 g/mol. The van der Waals surface area contributed by atoms with Crippen molar-refractivity contribution >= 4 is 40.1 Å². The van der Waals surface area contributed by atoms with Gasteiger partial charge in [-0.3, -0.25) is 14.5 Å². The predicted molar refractivity (Wildman–Crippen MR) is 69.1 cm³/mol. The summed E-state index contributed by atoms with van der Waals surface area (Å²) < 4.78 is 1.10. The Bertz CT molecular complexity index is 430. The minimum absolute atomic E-state index is 0.0756. The first kappa shape index (κ1) is 11.4. The van der Waals surface area contributed by atoms with Crippen LogP contribution in [0.4, 0.5) is 5.69 Å². The first-order valence-electron chi connectivity index (χ1n) is 4.95. The quantitative estimate of drug-likeness (QED) is 0.785. The highest BCUT2D eigenvalue weighted by atomic mass is 127. The highest BCUT2D eigenvalue weighted by molar-refractivity contribution is 14.1. The molecule has 0 bridgehead atoms. The molecule has 0 aromatic heterocycles. The molecule has 84 valence electrons. The number of piperazine rings is 1. The molecule has 4 nitrogen and oxygen atoms in total. The molecule has 0 saturated carbocycles. The van der Waals surface area contributed by atoms with Crippen LogP contribution < -0.4 is 10.2 Å². The molecule has 0 spiro atoms. The number of nitrogens with zero attached hydrogens (tertiary/aromatic N) is 1. The van der Waals surface area contributed by atoms with E-state index in [4.69, 9.17) is 0 Å². The topological polar surface area (TPSA) is 49.4 Å². The summed E-state index contributed by atoms with van der Waals surface area (Å²) in [5.41, 5.74) is 0.771. The first-order valence-corrected chi connectivity index (χ1v) is 6.03. The van der Waals surface area contributed by atoms with Gasteiger partial charge in [-0.05, 0) is 53.8 Å². The van der Waals surface area contributed by atoms with Crippen molar-refractivity contribution in [1.82, 2.24) is 5.32 Å². The molecule has 5 heteroatoms. The normalized spacial score (nSPS) is 20.9. The first-order chi connectivity index (χ1) is 7.59. The third-order valence-corrected chi connectivity index (χ3v) is 3.27. The van der Waals surface area contributed by atoms with Gasteiger partial charge < -0.3 is 5.32 Å². The van der Waals surface area contributed by atoms with Crippen molar-refractivity contribution in [2.75, 3.05) is 11.4 Å². The van der Waals surface area contributed by atoms with Crippen LogP contribution in [0.5, 0.6) is 0 Å². The summed E-state index contributed by atoms with van der Waals surface area (Å²) in [6, 6.07) is 7.11. The molecule has 1 heterocycles. The van der Waals surface area contributed by atoms with Crippen molar-refractivity contribution in [2.24, 2.45) is 0 Å². The molecule has 1 aliphatic heterocycles. The summed E-state index contributed by atoms with van der Waals surface area (Å²) in [7, 11) is 0. The molecule has 1 atom stereocenters. The summed E-state index contributed by atoms with van der Waals surface area (Å²) in [4.78, 5) is 24.8. The van der Waals surface area contributed by atoms with Gasteiger partial charge in [-0.25, -0.2) is 0 Å². The lowest BCUT2D eigenvalue weighted by Gasteiger charge is -2.32. The Morgan fingerprint density at radius 3 is 2.56 bits per heavy atom. The van der Waals surface area contributed by atoms with Crippen LogP contribution in [0.25, 0.3) is 0 Å². The number of benzene rings is 1. The van der Waals surface area contributed by atoms with Crippen LogP contribution in [0.2, 0.25) is 0 Å². The van der Waals surface area contributed by atoms with Gasteiger partial charge in [0.05, 0.1) is 6.54 Å². The molecule has 0 aliphatic carbocycles. The van der Waals surface area contributed by atoms with Crippen molar-refractivity contribution in [2.45, 2.75) is 13.0 Å². The molecule has 2 rings (SSSR count). The molecule has 1 aromatic rings. The summed E-state index contributed by atoms with van der Waals surface area (Å²) in [5.74, 6) is -0.188. The third kappa shape index (κ3) is 2.04. The second-order valence-electron chi connectivity index (χ2n) is 3.63. The Morgan fingerprint density at radius 2 is 1.94 bits per heavy atom. The minimum Gasteiger partial charge on any atom is -0.345 e. The molecule has 1 fully saturated rings. The Labute approximate surface area is 107 Å². The fourth-order valence-electron chi connectivity index (χ4n) is 1.70. The maximum Gasteiger partial charge on any atom is 0.247 e. The zero-order chi connectivity index (χ0) is 11.7. The average molecular weight is 330 g/mol. The number of hydrogen-bond acceptors (Lipinski definition) is 2. The van der Waals surface area contributed by atoms with Crippen LogP contribution in [-0.2, 0) is 9.59 Å². The van der Waals surface area contributed by atoms with Crippen LogP contribution >= 0.6 is 22.6 Å². The number of hydrogen-bond donors (Lipinski definition) is 1. The predicted octanol–water partition coefficient (Wildman–Crippen LogP) is 1.14. The average Bonchev–Trinajstić information content (AvgIpc) is 2.27. The molecular formula is C11H11IN2O2. The number of rotatable bonds is 1. The van der Waals surface area contributed by atoms with Crippen molar-refractivity contribution in [3.8, 4) is 0 Å². The zero-order valence-electron chi connectivity index (χ0n) is 8.74. The Balaban J connectivity index is 2.33. The highest BCUT2D eigenvalue weighted by Crippen LogP contribution is 2.20. The van der Waals surface area contributed by atoms with E-state index in [1.807, 2.05) is 24.3 Å². The standard InChI is InChI=1S/C11H11IN2O2/c1-7-11(16)13-6-10(15)14(7)9-4-2-8(12)3-5-9/h2-5,7H,6H2,1H3,(H,13,16). The van der Waals surface area contributed by atoms with Crippen molar-refractivity contribution < 1.29 is 9.59 Å². The fraction of sp³-hybridized carbons (Fsp3) is 0.273. The molecule has 1 unspecified atom stereocenters. The van der Waals surface area contributed by atoms with Gasteiger partial charge >= 0.3 is 0 Å². The highest BCUT2D eigenvalue weighted by Gasteiger charge is 2.31. The third-order valence-electron chi connectivity index (χ3n) is 2.55. The van der Waals surface area contributed by atoms with Gasteiger partial charge in [0.15, 0.2) is 0 Å². The number of halogens is 1. The van der Waals surface area contributed by atoms with Crippen molar-refractivity contribution in [3.63, 3.8) is 0 Å². The van der Waals surface area contributed by atoms with Gasteiger partial charge in [-0.1, -0.05) is 0 Å². The number of nitrogens with one attached hydrogen (secondary N) is 1. The number of carbonyl (C=O) groups is 2. The maximum atomic E-state index is 11.7. The Morgan fingerprint density at radius 1 is 1.31 bits per heavy atom. The van der Waals surface area contributed by atoms with Gasteiger partial charge in [0.2, 0.25) is 11.8 Å². The van der Waals surface area contributed by atoms with Crippen molar-refractivity contribution in [1.29, 1.82) is 0 Å². The van der Waals surface area contributed by atoms with E-state index in [0.29, 0.717) is 0 Å². The summed E-state index contributed by atoms with van der Waals surface area (Å²) in [5, 5.41) is 2.56. The lowest BCUT2D eigenvalue weighted by molar-refractivity contribution is -0.130. The molecule has 1 aliphatic rings. The van der Waals surface area contributed by atoms with Crippen LogP contribution in [-0.4, -0.2) is 24.4 Å². The molecule has 0 radical (unpaired) electrons. The Kier molecular flexibility index (Phi) is 3.13. The van der Waals surface area contributed by atoms with E-state index in [1.165, 1.54) is 4.90 Å². The Hall–Kier alpha value is -1.11. The second-order valence-corrected chi connectivity index (χ2v) is 4.88. The maximum absolute atomic E-state index is 11.7.